The summed E-state index contributed by atoms with van der Waals surface area (Å²) in [4.78, 5) is 18.0. The number of carbonyl (C=O) groups excluding carboxylic acids is 1. The second-order valence-electron chi connectivity index (χ2n) is 4.92. The van der Waals surface area contributed by atoms with E-state index in [1.807, 2.05) is 32.0 Å². The van der Waals surface area contributed by atoms with Crippen molar-refractivity contribution in [3.8, 4) is 0 Å². The van der Waals surface area contributed by atoms with Gasteiger partial charge in [0.2, 0.25) is 6.29 Å². The van der Waals surface area contributed by atoms with Gasteiger partial charge >= 0.3 is 6.03 Å². The summed E-state index contributed by atoms with van der Waals surface area (Å²) in [5.41, 5.74) is 2.37. The Morgan fingerprint density at radius 2 is 1.86 bits per heavy atom. The third-order valence-corrected chi connectivity index (χ3v) is 3.53. The lowest BCUT2D eigenvalue weighted by Gasteiger charge is -2.34. The van der Waals surface area contributed by atoms with Crippen LogP contribution in [0.5, 0.6) is 0 Å². The van der Waals surface area contributed by atoms with E-state index in [0.717, 1.165) is 17.4 Å². The summed E-state index contributed by atoms with van der Waals surface area (Å²) in [6, 6.07) is 4.95. The molecular formula is C13H18N4O4S. The fraction of sp³-hybridized carbons (Fsp3) is 0.385. The second-order valence-corrected chi connectivity index (χ2v) is 6.48. The predicted octanol–water partition coefficient (Wildman–Crippen LogP) is 0.968. The molecule has 1 aliphatic rings. The van der Waals surface area contributed by atoms with Crippen LogP contribution in [-0.2, 0) is 14.4 Å². The van der Waals surface area contributed by atoms with Crippen molar-refractivity contribution in [2.45, 2.75) is 20.1 Å². The van der Waals surface area contributed by atoms with Crippen LogP contribution in [-0.4, -0.2) is 45.4 Å². The SMILES string of the molecule is CNC1N=CN(c2c(C)cccc2C)C(=O)N1OS(C)(=O)=O. The number of carbonyl (C=O) groups is 1. The van der Waals surface area contributed by atoms with Crippen LogP contribution in [0.25, 0.3) is 0 Å². The lowest BCUT2D eigenvalue weighted by Crippen LogP contribution is -2.56. The van der Waals surface area contributed by atoms with E-state index in [2.05, 4.69) is 10.3 Å². The van der Waals surface area contributed by atoms with Gasteiger partial charge in [0, 0.05) is 0 Å². The average Bonchev–Trinajstić information content (AvgIpc) is 2.41. The Bertz CT molecular complexity index is 697. The lowest BCUT2D eigenvalue weighted by atomic mass is 10.1. The van der Waals surface area contributed by atoms with Gasteiger partial charge in [-0.25, -0.2) is 9.79 Å². The van der Waals surface area contributed by atoms with Crippen LogP contribution in [0, 0.1) is 13.8 Å². The summed E-state index contributed by atoms with van der Waals surface area (Å²) in [5.74, 6) is 0. The largest absolute Gasteiger partial charge is 0.358 e. The zero-order valence-electron chi connectivity index (χ0n) is 12.8. The number of hydrogen-bond donors (Lipinski definition) is 1. The topological polar surface area (TPSA) is 91.3 Å². The first-order valence-electron chi connectivity index (χ1n) is 6.53. The van der Waals surface area contributed by atoms with Crippen molar-refractivity contribution in [1.29, 1.82) is 0 Å². The predicted molar refractivity (Wildman–Crippen MR) is 82.9 cm³/mol. The van der Waals surface area contributed by atoms with Gasteiger partial charge in [-0.15, -0.1) is 9.35 Å². The molecule has 0 radical (unpaired) electrons. The van der Waals surface area contributed by atoms with E-state index >= 15 is 0 Å². The summed E-state index contributed by atoms with van der Waals surface area (Å²) in [7, 11) is -2.32. The molecule has 0 spiro atoms. The van der Waals surface area contributed by atoms with E-state index in [9.17, 15) is 13.2 Å². The van der Waals surface area contributed by atoms with E-state index in [4.69, 9.17) is 4.28 Å². The van der Waals surface area contributed by atoms with Crippen molar-refractivity contribution in [3.63, 3.8) is 0 Å². The molecule has 0 aliphatic carbocycles. The first kappa shape index (κ1) is 16.4. The molecule has 0 fully saturated rings. The third-order valence-electron chi connectivity index (χ3n) is 3.09. The number of aryl methyl sites for hydroxylation is 2. The van der Waals surface area contributed by atoms with Crippen molar-refractivity contribution in [2.24, 2.45) is 4.99 Å². The Hall–Kier alpha value is -1.97. The van der Waals surface area contributed by atoms with Gasteiger partial charge in [-0.3, -0.25) is 10.2 Å². The average molecular weight is 326 g/mol. The second kappa shape index (κ2) is 6.03. The molecule has 0 aromatic heterocycles. The number of anilines is 1. The molecule has 1 aromatic carbocycles. The Kier molecular flexibility index (Phi) is 4.50. The van der Waals surface area contributed by atoms with E-state index < -0.39 is 22.4 Å². The number of hydrogen-bond acceptors (Lipinski definition) is 6. The van der Waals surface area contributed by atoms with Crippen LogP contribution < -0.4 is 10.2 Å². The molecule has 2 amide bonds. The van der Waals surface area contributed by atoms with Crippen molar-refractivity contribution >= 4 is 28.2 Å². The molecule has 0 saturated carbocycles. The van der Waals surface area contributed by atoms with E-state index in [0.29, 0.717) is 10.8 Å². The molecule has 1 unspecified atom stereocenters. The summed E-state index contributed by atoms with van der Waals surface area (Å²) >= 11 is 0. The molecule has 22 heavy (non-hydrogen) atoms. The van der Waals surface area contributed by atoms with Gasteiger partial charge in [-0.2, -0.15) is 8.42 Å². The van der Waals surface area contributed by atoms with Gasteiger partial charge in [0.15, 0.2) is 0 Å². The van der Waals surface area contributed by atoms with Crippen LogP contribution in [0.3, 0.4) is 0 Å². The molecule has 1 N–H and O–H groups in total. The van der Waals surface area contributed by atoms with Gasteiger partial charge < -0.3 is 0 Å². The van der Waals surface area contributed by atoms with Crippen molar-refractivity contribution < 1.29 is 17.5 Å². The van der Waals surface area contributed by atoms with Gasteiger partial charge in [-0.05, 0) is 32.0 Å². The number of amides is 2. The molecule has 9 heteroatoms. The quantitative estimate of drug-likeness (QED) is 0.890. The Morgan fingerprint density at radius 1 is 1.27 bits per heavy atom. The molecule has 1 atom stereocenters. The van der Waals surface area contributed by atoms with Crippen LogP contribution in [0.4, 0.5) is 10.5 Å². The number of rotatable bonds is 4. The van der Waals surface area contributed by atoms with E-state index in [-0.39, 0.29) is 0 Å². The minimum absolute atomic E-state index is 0.642. The van der Waals surface area contributed by atoms with Gasteiger partial charge in [0.05, 0.1) is 11.9 Å². The Morgan fingerprint density at radius 3 is 2.36 bits per heavy atom. The molecule has 8 nitrogen and oxygen atoms in total. The molecule has 0 saturated heterocycles. The summed E-state index contributed by atoms with van der Waals surface area (Å²) < 4.78 is 27.5. The highest BCUT2D eigenvalue weighted by Gasteiger charge is 2.35. The van der Waals surface area contributed by atoms with E-state index in [1.165, 1.54) is 11.2 Å². The molecule has 120 valence electrons. The number of urea groups is 1. The zero-order chi connectivity index (χ0) is 16.5. The number of benzene rings is 1. The molecular weight excluding hydrogens is 308 g/mol. The number of nitrogens with one attached hydrogen (secondary N) is 1. The van der Waals surface area contributed by atoms with E-state index in [1.54, 1.807) is 7.05 Å². The number of aliphatic imine (C=N–C) groups is 1. The van der Waals surface area contributed by atoms with Crippen LogP contribution in [0.15, 0.2) is 23.2 Å². The maximum atomic E-state index is 12.6. The molecule has 2 rings (SSSR count). The normalized spacial score (nSPS) is 18.9. The van der Waals surface area contributed by atoms with Crippen molar-refractivity contribution in [2.75, 3.05) is 18.2 Å². The maximum absolute atomic E-state index is 12.6. The summed E-state index contributed by atoms with van der Waals surface area (Å²) in [5, 5.41) is 3.39. The molecule has 1 heterocycles. The Labute approximate surface area is 129 Å². The standard InChI is InChI=1S/C13H18N4O4S/c1-9-6-5-7-10(2)11(9)16-8-15-12(14-3)17(13(16)18)21-22(4,19)20/h5-8,12,14H,1-4H3. The van der Waals surface area contributed by atoms with Crippen molar-refractivity contribution in [3.05, 3.63) is 29.3 Å². The third kappa shape index (κ3) is 3.26. The van der Waals surface area contributed by atoms with Gasteiger partial charge in [-0.1, -0.05) is 18.2 Å². The van der Waals surface area contributed by atoms with Crippen molar-refractivity contribution in [1.82, 2.24) is 10.4 Å². The highest BCUT2D eigenvalue weighted by atomic mass is 32.2. The highest BCUT2D eigenvalue weighted by molar-refractivity contribution is 7.85. The number of nitrogens with zero attached hydrogens (tertiary/aromatic N) is 3. The van der Waals surface area contributed by atoms with Gasteiger partial charge in [0.1, 0.15) is 6.34 Å². The minimum Gasteiger partial charge on any atom is -0.280 e. The monoisotopic (exact) mass is 326 g/mol. The minimum atomic E-state index is -3.86. The lowest BCUT2D eigenvalue weighted by molar-refractivity contribution is -0.0459. The fourth-order valence-corrected chi connectivity index (χ4v) is 2.64. The van der Waals surface area contributed by atoms with Gasteiger partial charge in [0.25, 0.3) is 10.1 Å². The maximum Gasteiger partial charge on any atom is 0.358 e. The summed E-state index contributed by atoms with van der Waals surface area (Å²) in [6.07, 6.45) is 1.32. The number of para-hydroxylation sites is 1. The first-order chi connectivity index (χ1) is 10.2. The van der Waals surface area contributed by atoms with Crippen LogP contribution in [0.2, 0.25) is 0 Å². The first-order valence-corrected chi connectivity index (χ1v) is 8.35. The van der Waals surface area contributed by atoms with Crippen LogP contribution in [0.1, 0.15) is 11.1 Å². The zero-order valence-corrected chi connectivity index (χ0v) is 13.6. The number of hydroxylamine groups is 2. The molecule has 0 bridgehead atoms. The highest BCUT2D eigenvalue weighted by Crippen LogP contribution is 2.27. The fourth-order valence-electron chi connectivity index (χ4n) is 2.20. The smallest absolute Gasteiger partial charge is 0.280 e. The summed E-state index contributed by atoms with van der Waals surface area (Å²) in [6.45, 7) is 3.71. The molecule has 1 aromatic rings. The molecule has 1 aliphatic heterocycles. The van der Waals surface area contributed by atoms with Crippen LogP contribution >= 0.6 is 0 Å². The Balaban J connectivity index is 2.45.